The first kappa shape index (κ1) is 14.6. The van der Waals surface area contributed by atoms with Gasteiger partial charge in [-0.2, -0.15) is 0 Å². The predicted octanol–water partition coefficient (Wildman–Crippen LogP) is 3.68. The first-order valence-electron chi connectivity index (χ1n) is 7.59. The normalized spacial score (nSPS) is 15.6. The van der Waals surface area contributed by atoms with Crippen LogP contribution in [0, 0.1) is 11.7 Å². The van der Waals surface area contributed by atoms with E-state index in [-0.39, 0.29) is 17.6 Å². The summed E-state index contributed by atoms with van der Waals surface area (Å²) in [6.45, 7) is 1.40. The van der Waals surface area contributed by atoms with Crippen LogP contribution in [0.3, 0.4) is 0 Å². The van der Waals surface area contributed by atoms with Gasteiger partial charge in [-0.3, -0.25) is 4.79 Å². The molecule has 0 unspecified atom stereocenters. The number of nitrogens with one attached hydrogen (secondary N) is 1. The summed E-state index contributed by atoms with van der Waals surface area (Å²) in [5.74, 6) is -0.155. The van der Waals surface area contributed by atoms with E-state index in [4.69, 9.17) is 0 Å². The van der Waals surface area contributed by atoms with E-state index in [9.17, 15) is 9.18 Å². The van der Waals surface area contributed by atoms with E-state index in [2.05, 4.69) is 5.32 Å². The maximum Gasteiger partial charge on any atom is 0.227 e. The van der Waals surface area contributed by atoms with Crippen LogP contribution in [0.2, 0.25) is 0 Å². The molecule has 1 N–H and O–H groups in total. The molecule has 3 rings (SSSR count). The highest BCUT2D eigenvalue weighted by Crippen LogP contribution is 2.26. The molecule has 1 amide bonds. The molecule has 4 heteroatoms. The van der Waals surface area contributed by atoms with Crippen LogP contribution in [0.4, 0.5) is 15.8 Å². The largest absolute Gasteiger partial charge is 0.369 e. The Morgan fingerprint density at radius 3 is 2.32 bits per heavy atom. The van der Waals surface area contributed by atoms with Gasteiger partial charge in [0, 0.05) is 24.7 Å². The molecule has 2 aromatic rings. The Labute approximate surface area is 129 Å². The summed E-state index contributed by atoms with van der Waals surface area (Å²) in [6, 6.07) is 16.3. The summed E-state index contributed by atoms with van der Waals surface area (Å²) in [5.41, 5.74) is 1.45. The smallest absolute Gasteiger partial charge is 0.227 e. The van der Waals surface area contributed by atoms with Gasteiger partial charge in [0.15, 0.2) is 0 Å². The number of hydrogen-bond acceptors (Lipinski definition) is 2. The quantitative estimate of drug-likeness (QED) is 0.937. The molecule has 1 heterocycles. The minimum atomic E-state index is -0.199. The van der Waals surface area contributed by atoms with Crippen LogP contribution in [0.1, 0.15) is 12.8 Å². The zero-order valence-corrected chi connectivity index (χ0v) is 12.3. The highest BCUT2D eigenvalue weighted by molar-refractivity contribution is 5.92. The van der Waals surface area contributed by atoms with Gasteiger partial charge in [-0.1, -0.05) is 30.3 Å². The molecule has 114 valence electrons. The van der Waals surface area contributed by atoms with Crippen LogP contribution in [0.25, 0.3) is 0 Å². The molecule has 0 bridgehead atoms. The van der Waals surface area contributed by atoms with Gasteiger partial charge in [0.2, 0.25) is 5.91 Å². The SMILES string of the molecule is O=C(Nc1ccccc1)C1CCN(c2ccccc2F)CC1. The van der Waals surface area contributed by atoms with Crippen LogP contribution in [0.15, 0.2) is 54.6 Å². The predicted molar refractivity (Wildman–Crippen MR) is 86.4 cm³/mol. The highest BCUT2D eigenvalue weighted by atomic mass is 19.1. The maximum atomic E-state index is 13.8. The minimum absolute atomic E-state index is 0.0109. The Hall–Kier alpha value is -2.36. The molecular weight excluding hydrogens is 279 g/mol. The lowest BCUT2D eigenvalue weighted by atomic mass is 9.95. The Morgan fingerprint density at radius 1 is 1.00 bits per heavy atom. The Balaban J connectivity index is 1.58. The number of anilines is 2. The molecule has 1 aliphatic rings. The Morgan fingerprint density at radius 2 is 1.64 bits per heavy atom. The maximum absolute atomic E-state index is 13.8. The van der Waals surface area contributed by atoms with E-state index in [0.29, 0.717) is 18.8 Å². The number of piperidine rings is 1. The highest BCUT2D eigenvalue weighted by Gasteiger charge is 2.26. The van der Waals surface area contributed by atoms with Crippen LogP contribution in [-0.2, 0) is 4.79 Å². The molecular formula is C18H19FN2O. The van der Waals surface area contributed by atoms with Gasteiger partial charge in [-0.15, -0.1) is 0 Å². The lowest BCUT2D eigenvalue weighted by Crippen LogP contribution is -2.38. The number of benzene rings is 2. The number of carbonyl (C=O) groups excluding carboxylic acids is 1. The lowest BCUT2D eigenvalue weighted by Gasteiger charge is -2.33. The van der Waals surface area contributed by atoms with Crippen molar-refractivity contribution in [2.24, 2.45) is 5.92 Å². The number of rotatable bonds is 3. The average molecular weight is 298 g/mol. The van der Waals surface area contributed by atoms with Gasteiger partial charge in [0.25, 0.3) is 0 Å². The van der Waals surface area contributed by atoms with E-state index in [1.54, 1.807) is 12.1 Å². The topological polar surface area (TPSA) is 32.3 Å². The van der Waals surface area contributed by atoms with Crippen molar-refractivity contribution in [3.8, 4) is 0 Å². The third-order valence-corrected chi connectivity index (χ3v) is 4.10. The molecule has 0 atom stereocenters. The zero-order chi connectivity index (χ0) is 15.4. The van der Waals surface area contributed by atoms with E-state index in [0.717, 1.165) is 18.5 Å². The van der Waals surface area contributed by atoms with Gasteiger partial charge in [0.05, 0.1) is 5.69 Å². The molecule has 1 aliphatic heterocycles. The standard InChI is InChI=1S/C18H19FN2O/c19-16-8-4-5-9-17(16)21-12-10-14(11-13-21)18(22)20-15-6-2-1-3-7-15/h1-9,14H,10-13H2,(H,20,22). The van der Waals surface area contributed by atoms with E-state index < -0.39 is 0 Å². The number of para-hydroxylation sites is 2. The van der Waals surface area contributed by atoms with Gasteiger partial charge in [-0.05, 0) is 37.1 Å². The van der Waals surface area contributed by atoms with Crippen molar-refractivity contribution in [3.05, 3.63) is 60.4 Å². The summed E-state index contributed by atoms with van der Waals surface area (Å²) < 4.78 is 13.8. The van der Waals surface area contributed by atoms with Crippen molar-refractivity contribution in [2.75, 3.05) is 23.3 Å². The van der Waals surface area contributed by atoms with Crippen molar-refractivity contribution in [1.29, 1.82) is 0 Å². The number of hydrogen-bond donors (Lipinski definition) is 1. The van der Waals surface area contributed by atoms with E-state index in [1.165, 1.54) is 6.07 Å². The van der Waals surface area contributed by atoms with Gasteiger partial charge in [-0.25, -0.2) is 4.39 Å². The minimum Gasteiger partial charge on any atom is -0.369 e. The number of carbonyl (C=O) groups is 1. The molecule has 1 saturated heterocycles. The van der Waals surface area contributed by atoms with Crippen molar-refractivity contribution < 1.29 is 9.18 Å². The fraction of sp³-hybridized carbons (Fsp3) is 0.278. The van der Waals surface area contributed by atoms with Crippen LogP contribution < -0.4 is 10.2 Å². The molecule has 0 spiro atoms. The van der Waals surface area contributed by atoms with Crippen molar-refractivity contribution in [1.82, 2.24) is 0 Å². The monoisotopic (exact) mass is 298 g/mol. The molecule has 1 fully saturated rings. The molecule has 3 nitrogen and oxygen atoms in total. The molecule has 0 aromatic heterocycles. The van der Waals surface area contributed by atoms with Crippen molar-refractivity contribution in [2.45, 2.75) is 12.8 Å². The van der Waals surface area contributed by atoms with Gasteiger partial charge in [0.1, 0.15) is 5.82 Å². The van der Waals surface area contributed by atoms with E-state index >= 15 is 0 Å². The second kappa shape index (κ2) is 6.60. The van der Waals surface area contributed by atoms with Gasteiger partial charge < -0.3 is 10.2 Å². The number of amides is 1. The van der Waals surface area contributed by atoms with Crippen LogP contribution >= 0.6 is 0 Å². The third-order valence-electron chi connectivity index (χ3n) is 4.10. The van der Waals surface area contributed by atoms with Crippen LogP contribution in [-0.4, -0.2) is 19.0 Å². The fourth-order valence-corrected chi connectivity index (χ4v) is 2.86. The third kappa shape index (κ3) is 3.27. The zero-order valence-electron chi connectivity index (χ0n) is 12.3. The number of halogens is 1. The van der Waals surface area contributed by atoms with E-state index in [1.807, 2.05) is 41.3 Å². The summed E-state index contributed by atoms with van der Waals surface area (Å²) in [7, 11) is 0. The average Bonchev–Trinajstić information content (AvgIpc) is 2.56. The fourth-order valence-electron chi connectivity index (χ4n) is 2.86. The van der Waals surface area contributed by atoms with Gasteiger partial charge >= 0.3 is 0 Å². The molecule has 22 heavy (non-hydrogen) atoms. The summed E-state index contributed by atoms with van der Waals surface area (Å²) >= 11 is 0. The van der Waals surface area contributed by atoms with Crippen molar-refractivity contribution >= 4 is 17.3 Å². The molecule has 2 aromatic carbocycles. The summed E-state index contributed by atoms with van der Waals surface area (Å²) in [4.78, 5) is 14.3. The summed E-state index contributed by atoms with van der Waals surface area (Å²) in [6.07, 6.45) is 1.49. The lowest BCUT2D eigenvalue weighted by molar-refractivity contribution is -0.120. The van der Waals surface area contributed by atoms with Crippen molar-refractivity contribution in [3.63, 3.8) is 0 Å². The molecule has 0 aliphatic carbocycles. The Bertz CT molecular complexity index is 637. The second-order valence-corrected chi connectivity index (χ2v) is 5.57. The molecule has 0 radical (unpaired) electrons. The molecule has 0 saturated carbocycles. The Kier molecular flexibility index (Phi) is 4.37. The first-order valence-corrected chi connectivity index (χ1v) is 7.59. The first-order chi connectivity index (χ1) is 10.7. The van der Waals surface area contributed by atoms with Crippen LogP contribution in [0.5, 0.6) is 0 Å². The number of nitrogens with zero attached hydrogens (tertiary/aromatic N) is 1. The second-order valence-electron chi connectivity index (χ2n) is 5.57. The summed E-state index contributed by atoms with van der Waals surface area (Å²) in [5, 5.41) is 2.95.